The van der Waals surface area contributed by atoms with Gasteiger partial charge in [0.1, 0.15) is 5.82 Å². The first kappa shape index (κ1) is 18.7. The largest absolute Gasteiger partial charge is 0.354 e. The Balaban J connectivity index is 1.54. The summed E-state index contributed by atoms with van der Waals surface area (Å²) >= 11 is 1.20. The van der Waals surface area contributed by atoms with Crippen LogP contribution in [0.5, 0.6) is 0 Å². The summed E-state index contributed by atoms with van der Waals surface area (Å²) < 4.78 is 12.8. The van der Waals surface area contributed by atoms with Crippen LogP contribution in [0, 0.1) is 5.82 Å². The van der Waals surface area contributed by atoms with Gasteiger partial charge in [0.25, 0.3) is 0 Å². The van der Waals surface area contributed by atoms with Crippen molar-refractivity contribution in [1.82, 2.24) is 15.3 Å². The highest BCUT2D eigenvalue weighted by Gasteiger charge is 2.06. The SMILES string of the molecule is O=C(CSCC(=O)Nc1ccc(F)cc1)NCCNc1ncccn1. The zero-order valence-corrected chi connectivity index (χ0v) is 14.2. The summed E-state index contributed by atoms with van der Waals surface area (Å²) in [6.45, 7) is 0.935. The number of carbonyl (C=O) groups excluding carboxylic acids is 2. The molecule has 0 radical (unpaired) electrons. The summed E-state index contributed by atoms with van der Waals surface area (Å²) in [5.74, 6) is 0.0585. The van der Waals surface area contributed by atoms with Crippen LogP contribution in [0.25, 0.3) is 0 Å². The van der Waals surface area contributed by atoms with Crippen molar-refractivity contribution in [1.29, 1.82) is 0 Å². The molecular formula is C16H18FN5O2S. The number of halogens is 1. The Labute approximate surface area is 148 Å². The Hall–Kier alpha value is -2.68. The maximum absolute atomic E-state index is 12.8. The number of thioether (sulfide) groups is 1. The molecular weight excluding hydrogens is 345 g/mol. The van der Waals surface area contributed by atoms with Crippen LogP contribution in [0.15, 0.2) is 42.7 Å². The van der Waals surface area contributed by atoms with Crippen molar-refractivity contribution in [2.24, 2.45) is 0 Å². The summed E-state index contributed by atoms with van der Waals surface area (Å²) in [4.78, 5) is 31.4. The number of anilines is 2. The van der Waals surface area contributed by atoms with Crippen molar-refractivity contribution in [3.05, 3.63) is 48.5 Å². The van der Waals surface area contributed by atoms with Crippen molar-refractivity contribution in [3.8, 4) is 0 Å². The number of nitrogens with zero attached hydrogens (tertiary/aromatic N) is 2. The average molecular weight is 363 g/mol. The number of benzene rings is 1. The van der Waals surface area contributed by atoms with E-state index in [-0.39, 0.29) is 29.1 Å². The number of amides is 2. The van der Waals surface area contributed by atoms with Crippen LogP contribution >= 0.6 is 11.8 Å². The van der Waals surface area contributed by atoms with Gasteiger partial charge in [-0.1, -0.05) is 0 Å². The van der Waals surface area contributed by atoms with E-state index >= 15 is 0 Å². The Morgan fingerprint density at radius 3 is 2.40 bits per heavy atom. The van der Waals surface area contributed by atoms with Crippen LogP contribution in [-0.2, 0) is 9.59 Å². The lowest BCUT2D eigenvalue weighted by Crippen LogP contribution is -2.30. The minimum absolute atomic E-state index is 0.140. The highest BCUT2D eigenvalue weighted by atomic mass is 32.2. The van der Waals surface area contributed by atoms with Crippen molar-refractivity contribution in [2.75, 3.05) is 35.2 Å². The molecule has 2 aromatic rings. The first-order valence-electron chi connectivity index (χ1n) is 7.54. The number of aromatic nitrogens is 2. The lowest BCUT2D eigenvalue weighted by molar-refractivity contribution is -0.118. The average Bonchev–Trinajstić information content (AvgIpc) is 2.62. The van der Waals surface area contributed by atoms with E-state index in [1.807, 2.05) is 0 Å². The van der Waals surface area contributed by atoms with Gasteiger partial charge >= 0.3 is 0 Å². The molecule has 0 aliphatic carbocycles. The molecule has 7 nitrogen and oxygen atoms in total. The van der Waals surface area contributed by atoms with E-state index < -0.39 is 0 Å². The molecule has 0 saturated heterocycles. The molecule has 9 heteroatoms. The molecule has 0 bridgehead atoms. The highest BCUT2D eigenvalue weighted by Crippen LogP contribution is 2.09. The summed E-state index contributed by atoms with van der Waals surface area (Å²) in [5, 5.41) is 8.33. The molecule has 1 aromatic carbocycles. The van der Waals surface area contributed by atoms with Gasteiger partial charge in [0, 0.05) is 31.2 Å². The molecule has 0 spiro atoms. The number of rotatable bonds is 9. The van der Waals surface area contributed by atoms with Gasteiger partial charge in [0.2, 0.25) is 17.8 Å². The van der Waals surface area contributed by atoms with Gasteiger partial charge < -0.3 is 16.0 Å². The minimum Gasteiger partial charge on any atom is -0.354 e. The van der Waals surface area contributed by atoms with Crippen molar-refractivity contribution >= 4 is 35.2 Å². The molecule has 1 aromatic heterocycles. The molecule has 0 aliphatic heterocycles. The van der Waals surface area contributed by atoms with E-state index in [9.17, 15) is 14.0 Å². The Morgan fingerprint density at radius 1 is 1.00 bits per heavy atom. The molecule has 0 atom stereocenters. The van der Waals surface area contributed by atoms with Gasteiger partial charge in [-0.05, 0) is 30.3 Å². The summed E-state index contributed by atoms with van der Waals surface area (Å²) in [6.07, 6.45) is 3.25. The third kappa shape index (κ3) is 7.62. The fourth-order valence-corrected chi connectivity index (χ4v) is 2.43. The van der Waals surface area contributed by atoms with E-state index in [4.69, 9.17) is 0 Å². The minimum atomic E-state index is -0.364. The normalized spacial score (nSPS) is 10.1. The lowest BCUT2D eigenvalue weighted by atomic mass is 10.3. The predicted octanol–water partition coefficient (Wildman–Crippen LogP) is 1.52. The Kier molecular flexibility index (Phi) is 7.64. The van der Waals surface area contributed by atoms with E-state index in [1.165, 1.54) is 36.0 Å². The molecule has 0 aliphatic rings. The predicted molar refractivity (Wildman–Crippen MR) is 95.9 cm³/mol. The molecule has 1 heterocycles. The molecule has 2 amide bonds. The zero-order chi connectivity index (χ0) is 17.9. The Bertz CT molecular complexity index is 685. The Morgan fingerprint density at radius 2 is 1.68 bits per heavy atom. The maximum Gasteiger partial charge on any atom is 0.234 e. The molecule has 0 fully saturated rings. The van der Waals surface area contributed by atoms with Gasteiger partial charge in [-0.3, -0.25) is 9.59 Å². The maximum atomic E-state index is 12.8. The van der Waals surface area contributed by atoms with Crippen LogP contribution in [0.2, 0.25) is 0 Å². The van der Waals surface area contributed by atoms with E-state index in [2.05, 4.69) is 25.9 Å². The van der Waals surface area contributed by atoms with Gasteiger partial charge in [-0.15, -0.1) is 11.8 Å². The molecule has 0 saturated carbocycles. The first-order chi connectivity index (χ1) is 12.1. The molecule has 3 N–H and O–H groups in total. The van der Waals surface area contributed by atoms with Crippen molar-refractivity contribution in [3.63, 3.8) is 0 Å². The first-order valence-corrected chi connectivity index (χ1v) is 8.70. The monoisotopic (exact) mass is 363 g/mol. The van der Waals surface area contributed by atoms with Crippen LogP contribution in [0.1, 0.15) is 0 Å². The third-order valence-electron chi connectivity index (χ3n) is 2.89. The van der Waals surface area contributed by atoms with Gasteiger partial charge in [-0.25, -0.2) is 14.4 Å². The lowest BCUT2D eigenvalue weighted by Gasteiger charge is -2.07. The van der Waals surface area contributed by atoms with Crippen molar-refractivity contribution < 1.29 is 14.0 Å². The van der Waals surface area contributed by atoms with E-state index in [0.29, 0.717) is 24.7 Å². The number of hydrogen-bond donors (Lipinski definition) is 3. The summed E-state index contributed by atoms with van der Waals surface area (Å²) in [5.41, 5.74) is 0.519. The van der Waals surface area contributed by atoms with Gasteiger partial charge in [-0.2, -0.15) is 0 Å². The van der Waals surface area contributed by atoms with Crippen LogP contribution in [-0.4, -0.2) is 46.4 Å². The fraction of sp³-hybridized carbons (Fsp3) is 0.250. The topological polar surface area (TPSA) is 96.0 Å². The third-order valence-corrected chi connectivity index (χ3v) is 3.82. The fourth-order valence-electron chi connectivity index (χ4n) is 1.78. The van der Waals surface area contributed by atoms with Crippen LogP contribution in [0.4, 0.5) is 16.0 Å². The van der Waals surface area contributed by atoms with Crippen LogP contribution < -0.4 is 16.0 Å². The second kappa shape index (κ2) is 10.2. The smallest absolute Gasteiger partial charge is 0.234 e. The number of nitrogens with one attached hydrogen (secondary N) is 3. The zero-order valence-electron chi connectivity index (χ0n) is 13.4. The van der Waals surface area contributed by atoms with Gasteiger partial charge in [0.15, 0.2) is 0 Å². The highest BCUT2D eigenvalue weighted by molar-refractivity contribution is 8.00. The number of hydrogen-bond acceptors (Lipinski definition) is 6. The van der Waals surface area contributed by atoms with Crippen molar-refractivity contribution in [2.45, 2.75) is 0 Å². The molecule has 2 rings (SSSR count). The number of carbonyl (C=O) groups is 2. The summed E-state index contributed by atoms with van der Waals surface area (Å²) in [7, 11) is 0. The van der Waals surface area contributed by atoms with E-state index in [1.54, 1.807) is 18.5 Å². The van der Waals surface area contributed by atoms with Gasteiger partial charge in [0.05, 0.1) is 11.5 Å². The molecule has 25 heavy (non-hydrogen) atoms. The van der Waals surface area contributed by atoms with Crippen LogP contribution in [0.3, 0.4) is 0 Å². The summed E-state index contributed by atoms with van der Waals surface area (Å²) in [6, 6.07) is 7.22. The van der Waals surface area contributed by atoms with E-state index in [0.717, 1.165) is 0 Å². The second-order valence-electron chi connectivity index (χ2n) is 4.90. The molecule has 0 unspecified atom stereocenters. The standard InChI is InChI=1S/C16H18FN5O2S/c17-12-2-4-13(5-3-12)22-15(24)11-25-10-14(23)18-8-9-21-16-19-6-1-7-20-16/h1-7H,8-11H2,(H,18,23)(H,22,24)(H,19,20,21). The molecule has 132 valence electrons. The quantitative estimate of drug-likeness (QED) is 0.585. The second-order valence-corrected chi connectivity index (χ2v) is 5.88.